The van der Waals surface area contributed by atoms with E-state index >= 15 is 0 Å². The number of nitrogens with one attached hydrogen (secondary N) is 1. The van der Waals surface area contributed by atoms with E-state index in [1.807, 2.05) is 35.1 Å². The number of piperidine rings is 1. The highest BCUT2D eigenvalue weighted by Gasteiger charge is 2.58. The second-order valence-corrected chi connectivity index (χ2v) is 9.40. The molecule has 1 aromatic heterocycles. The molecule has 1 aliphatic carbocycles. The van der Waals surface area contributed by atoms with Crippen molar-refractivity contribution in [2.75, 3.05) is 19.6 Å². The predicted octanol–water partition coefficient (Wildman–Crippen LogP) is 4.22. The zero-order valence-electron chi connectivity index (χ0n) is 18.6. The van der Waals surface area contributed by atoms with Crippen molar-refractivity contribution >= 4 is 5.91 Å². The van der Waals surface area contributed by atoms with E-state index in [4.69, 9.17) is 0 Å². The lowest BCUT2D eigenvalue weighted by molar-refractivity contribution is -0.123. The zero-order chi connectivity index (χ0) is 21.8. The van der Waals surface area contributed by atoms with Crippen LogP contribution in [0, 0.1) is 11.3 Å². The Bertz CT molecular complexity index is 1020. The topological polar surface area (TPSA) is 50.2 Å². The van der Waals surface area contributed by atoms with Crippen LogP contribution in [0.4, 0.5) is 0 Å². The van der Waals surface area contributed by atoms with E-state index in [0.29, 0.717) is 0 Å². The molecule has 1 N–H and O–H groups in total. The SMILES string of the molecule is O=C(NCCCc1ccccc1)[C@@H]1CC12CCN(Cc1cnn(-c3ccccc3)c1)CC2. The minimum absolute atomic E-state index is 0.224. The lowest BCUT2D eigenvalue weighted by Crippen LogP contribution is -2.36. The first kappa shape index (κ1) is 21.0. The van der Waals surface area contributed by atoms with Gasteiger partial charge in [0.25, 0.3) is 0 Å². The van der Waals surface area contributed by atoms with Crippen LogP contribution in [-0.4, -0.2) is 40.2 Å². The maximum atomic E-state index is 12.7. The van der Waals surface area contributed by atoms with Gasteiger partial charge in [0.05, 0.1) is 11.9 Å². The number of carbonyl (C=O) groups excluding carboxylic acids is 1. The number of likely N-dealkylation sites (tertiary alicyclic amines) is 1. The minimum Gasteiger partial charge on any atom is -0.356 e. The van der Waals surface area contributed by atoms with Crippen molar-refractivity contribution < 1.29 is 4.79 Å². The monoisotopic (exact) mass is 428 g/mol. The van der Waals surface area contributed by atoms with E-state index in [1.165, 1.54) is 11.1 Å². The first-order chi connectivity index (χ1) is 15.7. The number of rotatable bonds is 8. The second kappa shape index (κ2) is 9.29. The summed E-state index contributed by atoms with van der Waals surface area (Å²) < 4.78 is 1.94. The summed E-state index contributed by atoms with van der Waals surface area (Å²) in [5, 5.41) is 7.71. The Labute approximate surface area is 190 Å². The molecule has 5 nitrogen and oxygen atoms in total. The largest absolute Gasteiger partial charge is 0.356 e. The van der Waals surface area contributed by atoms with Crippen LogP contribution in [0.5, 0.6) is 0 Å². The molecule has 0 unspecified atom stereocenters. The van der Waals surface area contributed by atoms with E-state index in [2.05, 4.69) is 57.9 Å². The van der Waals surface area contributed by atoms with Gasteiger partial charge in [0.1, 0.15) is 0 Å². The van der Waals surface area contributed by atoms with Crippen LogP contribution < -0.4 is 5.32 Å². The third-order valence-corrected chi connectivity index (χ3v) is 7.21. The summed E-state index contributed by atoms with van der Waals surface area (Å²) in [6.45, 7) is 3.83. The number of carbonyl (C=O) groups is 1. The zero-order valence-corrected chi connectivity index (χ0v) is 18.6. The molecule has 1 spiro atoms. The maximum Gasteiger partial charge on any atom is 0.223 e. The van der Waals surface area contributed by atoms with E-state index in [9.17, 15) is 4.79 Å². The molecule has 2 aliphatic rings. The van der Waals surface area contributed by atoms with Crippen LogP contribution in [0.3, 0.4) is 0 Å². The molecular weight excluding hydrogens is 396 g/mol. The molecule has 5 rings (SSSR count). The van der Waals surface area contributed by atoms with E-state index < -0.39 is 0 Å². The summed E-state index contributed by atoms with van der Waals surface area (Å²) in [5.41, 5.74) is 3.93. The van der Waals surface area contributed by atoms with Crippen molar-refractivity contribution in [2.24, 2.45) is 11.3 Å². The van der Waals surface area contributed by atoms with Crippen LogP contribution in [0.2, 0.25) is 0 Å². The Morgan fingerprint density at radius 3 is 2.47 bits per heavy atom. The number of hydrogen-bond acceptors (Lipinski definition) is 3. The van der Waals surface area contributed by atoms with Crippen LogP contribution in [-0.2, 0) is 17.8 Å². The van der Waals surface area contributed by atoms with Crippen molar-refractivity contribution in [3.8, 4) is 5.69 Å². The first-order valence-electron chi connectivity index (χ1n) is 11.8. The lowest BCUT2D eigenvalue weighted by Gasteiger charge is -2.32. The Balaban J connectivity index is 1.04. The summed E-state index contributed by atoms with van der Waals surface area (Å²) in [7, 11) is 0. The number of para-hydroxylation sites is 1. The molecule has 0 bridgehead atoms. The van der Waals surface area contributed by atoms with Gasteiger partial charge >= 0.3 is 0 Å². The van der Waals surface area contributed by atoms with Crippen molar-refractivity contribution in [2.45, 2.75) is 38.6 Å². The van der Waals surface area contributed by atoms with Crippen molar-refractivity contribution in [1.82, 2.24) is 20.0 Å². The van der Waals surface area contributed by atoms with Crippen molar-refractivity contribution in [1.29, 1.82) is 0 Å². The van der Waals surface area contributed by atoms with Gasteiger partial charge in [0.2, 0.25) is 5.91 Å². The van der Waals surface area contributed by atoms with Crippen LogP contribution in [0.15, 0.2) is 73.1 Å². The summed E-state index contributed by atoms with van der Waals surface area (Å²) in [6, 6.07) is 20.7. The molecule has 1 atom stereocenters. The third kappa shape index (κ3) is 4.78. The van der Waals surface area contributed by atoms with Gasteiger partial charge in [-0.25, -0.2) is 4.68 Å². The lowest BCUT2D eigenvalue weighted by atomic mass is 9.90. The minimum atomic E-state index is 0.224. The van der Waals surface area contributed by atoms with Crippen LogP contribution >= 0.6 is 0 Å². The number of aryl methyl sites for hydroxylation is 1. The molecule has 166 valence electrons. The summed E-state index contributed by atoms with van der Waals surface area (Å²) in [5.74, 6) is 0.498. The number of nitrogens with zero attached hydrogens (tertiary/aromatic N) is 3. The molecule has 0 radical (unpaired) electrons. The summed E-state index contributed by atoms with van der Waals surface area (Å²) >= 11 is 0. The smallest absolute Gasteiger partial charge is 0.223 e. The van der Waals surface area contributed by atoms with Gasteiger partial charge in [-0.15, -0.1) is 0 Å². The van der Waals surface area contributed by atoms with Crippen LogP contribution in [0.25, 0.3) is 5.69 Å². The highest BCUT2D eigenvalue weighted by atomic mass is 16.2. The molecule has 5 heteroatoms. The van der Waals surface area contributed by atoms with Gasteiger partial charge in [-0.05, 0) is 68.3 Å². The van der Waals surface area contributed by atoms with Crippen molar-refractivity contribution in [3.63, 3.8) is 0 Å². The summed E-state index contributed by atoms with van der Waals surface area (Å²) in [4.78, 5) is 15.2. The number of aromatic nitrogens is 2. The first-order valence-corrected chi connectivity index (χ1v) is 11.8. The fourth-order valence-electron chi connectivity index (χ4n) is 5.12. The average Bonchev–Trinajstić information content (AvgIpc) is 3.34. The van der Waals surface area contributed by atoms with Gasteiger partial charge in [-0.3, -0.25) is 9.69 Å². The maximum absolute atomic E-state index is 12.7. The van der Waals surface area contributed by atoms with E-state index in [0.717, 1.165) is 64.0 Å². The second-order valence-electron chi connectivity index (χ2n) is 9.40. The Kier molecular flexibility index (Phi) is 6.08. The average molecular weight is 429 g/mol. The quantitative estimate of drug-likeness (QED) is 0.547. The van der Waals surface area contributed by atoms with Crippen LogP contribution in [0.1, 0.15) is 36.8 Å². The van der Waals surface area contributed by atoms with Gasteiger partial charge in [-0.2, -0.15) is 5.10 Å². The fraction of sp³-hybridized carbons (Fsp3) is 0.407. The number of benzene rings is 2. The third-order valence-electron chi connectivity index (χ3n) is 7.21. The highest BCUT2D eigenvalue weighted by molar-refractivity contribution is 5.82. The Morgan fingerprint density at radius 2 is 1.72 bits per heavy atom. The standard InChI is InChI=1S/C27H32N4O/c32-26(28-15-7-10-22-8-3-1-4-9-22)25-18-27(25)13-16-30(17-14-27)20-23-19-29-31(21-23)24-11-5-2-6-12-24/h1-6,8-9,11-12,19,21,25H,7,10,13-18,20H2,(H,28,32)/t25-/m0/s1. The van der Waals surface area contributed by atoms with Gasteiger partial charge in [0.15, 0.2) is 0 Å². The van der Waals surface area contributed by atoms with Gasteiger partial charge < -0.3 is 5.32 Å². The molecule has 1 saturated heterocycles. The summed E-state index contributed by atoms with van der Waals surface area (Å²) in [6.07, 6.45) is 9.44. The molecule has 1 saturated carbocycles. The molecule has 2 fully saturated rings. The Morgan fingerprint density at radius 1 is 1.00 bits per heavy atom. The highest BCUT2D eigenvalue weighted by Crippen LogP contribution is 2.59. The Hall–Kier alpha value is -2.92. The van der Waals surface area contributed by atoms with Gasteiger partial charge in [0, 0.05) is 30.8 Å². The molecular formula is C27H32N4O. The normalized spacial score (nSPS) is 19.7. The molecule has 32 heavy (non-hydrogen) atoms. The van der Waals surface area contributed by atoms with Crippen molar-refractivity contribution in [3.05, 3.63) is 84.2 Å². The molecule has 2 aromatic carbocycles. The van der Waals surface area contributed by atoms with Gasteiger partial charge in [-0.1, -0.05) is 48.5 Å². The van der Waals surface area contributed by atoms with E-state index in [1.54, 1.807) is 0 Å². The molecule has 1 aliphatic heterocycles. The number of hydrogen-bond donors (Lipinski definition) is 1. The molecule has 1 amide bonds. The molecule has 2 heterocycles. The predicted molar refractivity (Wildman–Crippen MR) is 126 cm³/mol. The fourth-order valence-corrected chi connectivity index (χ4v) is 5.12. The molecule has 3 aromatic rings. The number of amides is 1. The van der Waals surface area contributed by atoms with E-state index in [-0.39, 0.29) is 17.2 Å².